The van der Waals surface area contributed by atoms with Crippen LogP contribution in [0.5, 0.6) is 0 Å². The lowest BCUT2D eigenvalue weighted by Gasteiger charge is -2.26. The van der Waals surface area contributed by atoms with E-state index in [0.717, 1.165) is 40.4 Å². The van der Waals surface area contributed by atoms with Gasteiger partial charge in [-0.1, -0.05) is 54.1 Å². The van der Waals surface area contributed by atoms with Gasteiger partial charge in [0.15, 0.2) is 0 Å². The molecule has 0 bridgehead atoms. The normalized spacial score (nSPS) is 16.0. The fourth-order valence-electron chi connectivity index (χ4n) is 3.82. The van der Waals surface area contributed by atoms with E-state index >= 15 is 0 Å². The first-order chi connectivity index (χ1) is 13.1. The standard InChI is InChI=1S/C23H24N2OS/c1-15-10-12-18(13-11-15)23-21(27-16(2)24-23)14-22(26)25-20-9-5-7-17-6-3-4-8-19(17)20/h3-4,6,8,10-13,20H,5,7,9,14H2,1-2H3,(H,25,26)/t20-/m0/s1. The molecule has 0 saturated heterocycles. The van der Waals surface area contributed by atoms with E-state index < -0.39 is 0 Å². The summed E-state index contributed by atoms with van der Waals surface area (Å²) < 4.78 is 0. The molecule has 1 atom stereocenters. The number of amides is 1. The molecule has 2 aromatic carbocycles. The molecule has 1 heterocycles. The Morgan fingerprint density at radius 2 is 1.93 bits per heavy atom. The van der Waals surface area contributed by atoms with Crippen LogP contribution in [0.4, 0.5) is 0 Å². The Bertz CT molecular complexity index is 959. The highest BCUT2D eigenvalue weighted by molar-refractivity contribution is 7.12. The summed E-state index contributed by atoms with van der Waals surface area (Å²) in [5.74, 6) is 0.0775. The third kappa shape index (κ3) is 3.96. The van der Waals surface area contributed by atoms with Crippen LogP contribution in [-0.4, -0.2) is 10.9 Å². The number of hydrogen-bond acceptors (Lipinski definition) is 3. The van der Waals surface area contributed by atoms with Crippen molar-refractivity contribution < 1.29 is 4.79 Å². The molecule has 0 unspecified atom stereocenters. The average molecular weight is 377 g/mol. The van der Waals surface area contributed by atoms with Gasteiger partial charge in [0, 0.05) is 10.4 Å². The van der Waals surface area contributed by atoms with Crippen molar-refractivity contribution >= 4 is 17.2 Å². The van der Waals surface area contributed by atoms with Crippen molar-refractivity contribution in [2.45, 2.75) is 45.6 Å². The fraction of sp³-hybridized carbons (Fsp3) is 0.304. The van der Waals surface area contributed by atoms with Gasteiger partial charge in [0.05, 0.1) is 23.2 Å². The van der Waals surface area contributed by atoms with Gasteiger partial charge in [0.2, 0.25) is 5.91 Å². The number of carbonyl (C=O) groups is 1. The van der Waals surface area contributed by atoms with Crippen LogP contribution >= 0.6 is 11.3 Å². The molecule has 1 N–H and O–H groups in total. The Labute approximate surface area is 164 Å². The average Bonchev–Trinajstić information content (AvgIpc) is 3.02. The highest BCUT2D eigenvalue weighted by Gasteiger charge is 2.22. The van der Waals surface area contributed by atoms with Crippen molar-refractivity contribution in [1.29, 1.82) is 0 Å². The zero-order chi connectivity index (χ0) is 18.8. The Balaban J connectivity index is 1.52. The number of nitrogens with one attached hydrogen (secondary N) is 1. The smallest absolute Gasteiger partial charge is 0.225 e. The fourth-order valence-corrected chi connectivity index (χ4v) is 4.78. The number of aromatic nitrogens is 1. The van der Waals surface area contributed by atoms with Crippen molar-refractivity contribution in [2.24, 2.45) is 0 Å². The van der Waals surface area contributed by atoms with Gasteiger partial charge in [-0.3, -0.25) is 4.79 Å². The molecular weight excluding hydrogens is 352 g/mol. The van der Waals surface area contributed by atoms with Gasteiger partial charge < -0.3 is 5.32 Å². The maximum absolute atomic E-state index is 12.8. The predicted octanol–water partition coefficient (Wildman–Crippen LogP) is 5.16. The summed E-state index contributed by atoms with van der Waals surface area (Å²) in [6.07, 6.45) is 3.62. The van der Waals surface area contributed by atoms with E-state index in [1.165, 1.54) is 16.7 Å². The largest absolute Gasteiger partial charge is 0.349 e. The molecule has 4 rings (SSSR count). The minimum absolute atomic E-state index is 0.0775. The summed E-state index contributed by atoms with van der Waals surface area (Å²) >= 11 is 1.62. The van der Waals surface area contributed by atoms with Gasteiger partial charge in [-0.15, -0.1) is 11.3 Å². The number of aryl methyl sites for hydroxylation is 3. The van der Waals surface area contributed by atoms with Crippen LogP contribution in [0.1, 0.15) is 45.5 Å². The second kappa shape index (κ2) is 7.65. The van der Waals surface area contributed by atoms with E-state index in [-0.39, 0.29) is 11.9 Å². The van der Waals surface area contributed by atoms with E-state index in [2.05, 4.69) is 65.8 Å². The zero-order valence-corrected chi connectivity index (χ0v) is 16.6. The quantitative estimate of drug-likeness (QED) is 0.683. The van der Waals surface area contributed by atoms with E-state index in [1.807, 2.05) is 6.92 Å². The summed E-state index contributed by atoms with van der Waals surface area (Å²) in [5.41, 5.74) is 5.88. The summed E-state index contributed by atoms with van der Waals surface area (Å²) in [5, 5.41) is 4.26. The van der Waals surface area contributed by atoms with Crippen molar-refractivity contribution in [1.82, 2.24) is 10.3 Å². The first-order valence-corrected chi connectivity index (χ1v) is 10.3. The highest BCUT2D eigenvalue weighted by atomic mass is 32.1. The van der Waals surface area contributed by atoms with Gasteiger partial charge in [-0.25, -0.2) is 4.98 Å². The first-order valence-electron chi connectivity index (χ1n) is 9.50. The molecule has 0 fully saturated rings. The monoisotopic (exact) mass is 376 g/mol. The van der Waals surface area contributed by atoms with Crippen LogP contribution < -0.4 is 5.32 Å². The van der Waals surface area contributed by atoms with E-state index in [4.69, 9.17) is 0 Å². The lowest BCUT2D eigenvalue weighted by atomic mass is 9.87. The first kappa shape index (κ1) is 17.9. The summed E-state index contributed by atoms with van der Waals surface area (Å²) in [6, 6.07) is 16.9. The Morgan fingerprint density at radius 1 is 1.15 bits per heavy atom. The number of thiazole rings is 1. The van der Waals surface area contributed by atoms with Crippen molar-refractivity contribution in [3.63, 3.8) is 0 Å². The molecule has 1 amide bonds. The maximum Gasteiger partial charge on any atom is 0.225 e. The van der Waals surface area contributed by atoms with Crippen LogP contribution in [0.3, 0.4) is 0 Å². The molecule has 3 aromatic rings. The number of rotatable bonds is 4. The van der Waals surface area contributed by atoms with Gasteiger partial charge in [0.1, 0.15) is 0 Å². The van der Waals surface area contributed by atoms with Crippen molar-refractivity contribution in [3.8, 4) is 11.3 Å². The molecule has 0 saturated carbocycles. The molecule has 27 heavy (non-hydrogen) atoms. The van der Waals surface area contributed by atoms with Gasteiger partial charge >= 0.3 is 0 Å². The summed E-state index contributed by atoms with van der Waals surface area (Å²) in [4.78, 5) is 18.5. The minimum atomic E-state index is 0.0775. The molecule has 0 radical (unpaired) electrons. The van der Waals surface area contributed by atoms with E-state index in [0.29, 0.717) is 6.42 Å². The van der Waals surface area contributed by atoms with Crippen LogP contribution in [-0.2, 0) is 17.6 Å². The third-order valence-electron chi connectivity index (χ3n) is 5.16. The lowest BCUT2D eigenvalue weighted by Crippen LogP contribution is -2.32. The minimum Gasteiger partial charge on any atom is -0.349 e. The van der Waals surface area contributed by atoms with Crippen LogP contribution in [0.15, 0.2) is 48.5 Å². The molecule has 1 aliphatic carbocycles. The number of hydrogen-bond donors (Lipinski definition) is 1. The highest BCUT2D eigenvalue weighted by Crippen LogP contribution is 2.31. The number of nitrogens with zero attached hydrogens (tertiary/aromatic N) is 1. The maximum atomic E-state index is 12.8. The SMILES string of the molecule is Cc1ccc(-c2nc(C)sc2CC(=O)N[C@H]2CCCc3ccccc32)cc1. The summed E-state index contributed by atoms with van der Waals surface area (Å²) in [7, 11) is 0. The Morgan fingerprint density at radius 3 is 2.74 bits per heavy atom. The van der Waals surface area contributed by atoms with Crippen LogP contribution in [0.25, 0.3) is 11.3 Å². The summed E-state index contributed by atoms with van der Waals surface area (Å²) in [6.45, 7) is 4.08. The van der Waals surface area contributed by atoms with Crippen LogP contribution in [0, 0.1) is 13.8 Å². The molecule has 0 spiro atoms. The number of fused-ring (bicyclic) bond motifs is 1. The van der Waals surface area contributed by atoms with Crippen molar-refractivity contribution in [2.75, 3.05) is 0 Å². The topological polar surface area (TPSA) is 42.0 Å². The van der Waals surface area contributed by atoms with E-state index in [1.54, 1.807) is 11.3 Å². The Hall–Kier alpha value is -2.46. The number of carbonyl (C=O) groups excluding carboxylic acids is 1. The van der Waals surface area contributed by atoms with Gasteiger partial charge in [-0.2, -0.15) is 0 Å². The second-order valence-electron chi connectivity index (χ2n) is 7.26. The van der Waals surface area contributed by atoms with Crippen LogP contribution in [0.2, 0.25) is 0 Å². The molecular formula is C23H24N2OS. The predicted molar refractivity (Wildman–Crippen MR) is 111 cm³/mol. The number of benzene rings is 2. The van der Waals surface area contributed by atoms with E-state index in [9.17, 15) is 4.79 Å². The molecule has 3 nitrogen and oxygen atoms in total. The third-order valence-corrected chi connectivity index (χ3v) is 6.13. The second-order valence-corrected chi connectivity index (χ2v) is 8.55. The van der Waals surface area contributed by atoms with Crippen molar-refractivity contribution in [3.05, 3.63) is 75.1 Å². The molecule has 1 aromatic heterocycles. The molecule has 0 aliphatic heterocycles. The molecule has 138 valence electrons. The molecule has 1 aliphatic rings. The molecule has 4 heteroatoms. The zero-order valence-electron chi connectivity index (χ0n) is 15.8. The Kier molecular flexibility index (Phi) is 5.08. The lowest BCUT2D eigenvalue weighted by molar-refractivity contribution is -0.121. The van der Waals surface area contributed by atoms with Gasteiger partial charge in [0.25, 0.3) is 0 Å². The van der Waals surface area contributed by atoms with Gasteiger partial charge in [-0.05, 0) is 44.2 Å².